The van der Waals surface area contributed by atoms with Gasteiger partial charge in [-0.1, -0.05) is 17.7 Å². The quantitative estimate of drug-likeness (QED) is 0.813. The highest BCUT2D eigenvalue weighted by molar-refractivity contribution is 6.32. The molecule has 0 aliphatic carbocycles. The van der Waals surface area contributed by atoms with Gasteiger partial charge in [0.15, 0.2) is 0 Å². The zero-order valence-electron chi connectivity index (χ0n) is 11.5. The van der Waals surface area contributed by atoms with Crippen LogP contribution in [0.5, 0.6) is 0 Å². The fourth-order valence-corrected chi connectivity index (χ4v) is 2.13. The van der Waals surface area contributed by atoms with Crippen LogP contribution in [-0.2, 0) is 6.54 Å². The summed E-state index contributed by atoms with van der Waals surface area (Å²) in [7, 11) is 0. The van der Waals surface area contributed by atoms with Crippen LogP contribution in [0.2, 0.25) is 5.15 Å². The number of hydrogen-bond donors (Lipinski definition) is 0. The molecular weight excluding hydrogens is 274 g/mol. The maximum absolute atomic E-state index is 12.5. The molecule has 2 heterocycles. The van der Waals surface area contributed by atoms with Gasteiger partial charge in [-0.05, 0) is 38.1 Å². The minimum absolute atomic E-state index is 0.131. The molecule has 0 spiro atoms. The SMILES string of the molecule is CCN(Cc1cccc(C)n1)C(=O)c1cccnc1Cl. The molecule has 0 saturated heterocycles. The molecule has 0 atom stereocenters. The first-order valence-electron chi connectivity index (χ1n) is 6.44. The molecule has 0 unspecified atom stereocenters. The number of aryl methyl sites for hydroxylation is 1. The van der Waals surface area contributed by atoms with Crippen molar-refractivity contribution < 1.29 is 4.79 Å². The second kappa shape index (κ2) is 6.48. The Bertz CT molecular complexity index is 616. The van der Waals surface area contributed by atoms with Gasteiger partial charge in [-0.3, -0.25) is 9.78 Å². The van der Waals surface area contributed by atoms with Crippen LogP contribution in [0.3, 0.4) is 0 Å². The minimum atomic E-state index is -0.131. The molecule has 1 amide bonds. The average Bonchev–Trinajstić information content (AvgIpc) is 2.44. The predicted octanol–water partition coefficient (Wildman–Crippen LogP) is 3.10. The summed E-state index contributed by atoms with van der Waals surface area (Å²) in [5, 5.41) is 0.230. The van der Waals surface area contributed by atoms with Gasteiger partial charge < -0.3 is 4.90 Å². The standard InChI is InChI=1S/C15H16ClN3O/c1-3-19(10-12-7-4-6-11(2)18-12)15(20)13-8-5-9-17-14(13)16/h4-9H,3,10H2,1-2H3. The van der Waals surface area contributed by atoms with Crippen LogP contribution in [0.4, 0.5) is 0 Å². The van der Waals surface area contributed by atoms with Crippen LogP contribution < -0.4 is 0 Å². The summed E-state index contributed by atoms with van der Waals surface area (Å²) in [4.78, 5) is 22.5. The van der Waals surface area contributed by atoms with Gasteiger partial charge in [0.1, 0.15) is 5.15 Å². The molecule has 0 fully saturated rings. The molecule has 2 aromatic heterocycles. The third-order valence-electron chi connectivity index (χ3n) is 2.96. The third-order valence-corrected chi connectivity index (χ3v) is 3.26. The van der Waals surface area contributed by atoms with E-state index in [1.165, 1.54) is 0 Å². The first-order valence-corrected chi connectivity index (χ1v) is 6.82. The highest BCUT2D eigenvalue weighted by atomic mass is 35.5. The molecule has 0 saturated carbocycles. The molecule has 4 nitrogen and oxygen atoms in total. The molecule has 2 rings (SSSR count). The Morgan fingerprint density at radius 2 is 2.10 bits per heavy atom. The van der Waals surface area contributed by atoms with Crippen molar-refractivity contribution in [3.8, 4) is 0 Å². The lowest BCUT2D eigenvalue weighted by molar-refractivity contribution is 0.0750. The van der Waals surface area contributed by atoms with Gasteiger partial charge in [0.05, 0.1) is 17.8 Å². The summed E-state index contributed by atoms with van der Waals surface area (Å²) in [6.07, 6.45) is 1.57. The Kier molecular flexibility index (Phi) is 4.69. The van der Waals surface area contributed by atoms with E-state index in [1.807, 2.05) is 32.0 Å². The highest BCUT2D eigenvalue weighted by Crippen LogP contribution is 2.15. The second-order valence-electron chi connectivity index (χ2n) is 4.43. The summed E-state index contributed by atoms with van der Waals surface area (Å²) in [6, 6.07) is 9.17. The smallest absolute Gasteiger partial charge is 0.257 e. The molecule has 5 heteroatoms. The Hall–Kier alpha value is -1.94. The monoisotopic (exact) mass is 289 g/mol. The fraction of sp³-hybridized carbons (Fsp3) is 0.267. The van der Waals surface area contributed by atoms with Crippen molar-refractivity contribution in [1.29, 1.82) is 0 Å². The van der Waals surface area contributed by atoms with Crippen molar-refractivity contribution in [2.75, 3.05) is 6.54 Å². The molecule has 0 N–H and O–H groups in total. The molecule has 2 aromatic rings. The normalized spacial score (nSPS) is 10.3. The second-order valence-corrected chi connectivity index (χ2v) is 4.79. The number of hydrogen-bond acceptors (Lipinski definition) is 3. The van der Waals surface area contributed by atoms with Gasteiger partial charge in [0.25, 0.3) is 5.91 Å². The van der Waals surface area contributed by atoms with Crippen LogP contribution in [0, 0.1) is 6.92 Å². The molecule has 0 aromatic carbocycles. The van der Waals surface area contributed by atoms with Crippen molar-refractivity contribution >= 4 is 17.5 Å². The first kappa shape index (κ1) is 14.5. The van der Waals surface area contributed by atoms with E-state index in [4.69, 9.17) is 11.6 Å². The van der Waals surface area contributed by atoms with E-state index in [1.54, 1.807) is 23.2 Å². The van der Waals surface area contributed by atoms with E-state index >= 15 is 0 Å². The van der Waals surface area contributed by atoms with Crippen molar-refractivity contribution in [3.63, 3.8) is 0 Å². The molecule has 104 valence electrons. The number of carbonyl (C=O) groups excluding carboxylic acids is 1. The third kappa shape index (κ3) is 3.33. The van der Waals surface area contributed by atoms with E-state index in [0.29, 0.717) is 18.7 Å². The summed E-state index contributed by atoms with van der Waals surface area (Å²) < 4.78 is 0. The van der Waals surface area contributed by atoms with Gasteiger partial charge in [0.2, 0.25) is 0 Å². The molecule has 0 radical (unpaired) electrons. The van der Waals surface area contributed by atoms with E-state index < -0.39 is 0 Å². The molecule has 20 heavy (non-hydrogen) atoms. The Morgan fingerprint density at radius 3 is 2.75 bits per heavy atom. The van der Waals surface area contributed by atoms with Gasteiger partial charge >= 0.3 is 0 Å². The van der Waals surface area contributed by atoms with Crippen LogP contribution in [-0.4, -0.2) is 27.3 Å². The lowest BCUT2D eigenvalue weighted by Crippen LogP contribution is -2.31. The summed E-state index contributed by atoms with van der Waals surface area (Å²) >= 11 is 5.97. The van der Waals surface area contributed by atoms with Gasteiger partial charge in [-0.2, -0.15) is 0 Å². The average molecular weight is 290 g/mol. The van der Waals surface area contributed by atoms with Gasteiger partial charge in [0, 0.05) is 18.4 Å². The Labute approximate surface area is 123 Å². The number of halogens is 1. The topological polar surface area (TPSA) is 46.1 Å². The summed E-state index contributed by atoms with van der Waals surface area (Å²) in [5.74, 6) is -0.131. The maximum Gasteiger partial charge on any atom is 0.257 e. The largest absolute Gasteiger partial charge is 0.333 e. The van der Waals surface area contributed by atoms with Crippen LogP contribution in [0.1, 0.15) is 28.7 Å². The van der Waals surface area contributed by atoms with Crippen molar-refractivity contribution in [2.45, 2.75) is 20.4 Å². The number of rotatable bonds is 4. The van der Waals surface area contributed by atoms with Crippen molar-refractivity contribution in [3.05, 3.63) is 58.6 Å². The number of pyridine rings is 2. The van der Waals surface area contributed by atoms with Crippen LogP contribution in [0.25, 0.3) is 0 Å². The molecule has 0 aliphatic heterocycles. The number of carbonyl (C=O) groups is 1. The molecule has 0 aliphatic rings. The zero-order valence-corrected chi connectivity index (χ0v) is 12.3. The minimum Gasteiger partial charge on any atom is -0.333 e. The van der Waals surface area contributed by atoms with E-state index in [0.717, 1.165) is 11.4 Å². The Morgan fingerprint density at radius 1 is 1.30 bits per heavy atom. The molecule has 0 bridgehead atoms. The maximum atomic E-state index is 12.5. The van der Waals surface area contributed by atoms with E-state index in [2.05, 4.69) is 9.97 Å². The number of nitrogens with zero attached hydrogens (tertiary/aromatic N) is 3. The summed E-state index contributed by atoms with van der Waals surface area (Å²) in [5.41, 5.74) is 2.22. The van der Waals surface area contributed by atoms with Crippen LogP contribution >= 0.6 is 11.6 Å². The number of amides is 1. The van der Waals surface area contributed by atoms with Crippen molar-refractivity contribution in [2.24, 2.45) is 0 Å². The molecular formula is C15H16ClN3O. The van der Waals surface area contributed by atoms with Gasteiger partial charge in [-0.15, -0.1) is 0 Å². The Balaban J connectivity index is 2.20. The summed E-state index contributed by atoms with van der Waals surface area (Å²) in [6.45, 7) is 4.90. The van der Waals surface area contributed by atoms with E-state index in [-0.39, 0.29) is 11.1 Å². The van der Waals surface area contributed by atoms with E-state index in [9.17, 15) is 4.79 Å². The van der Waals surface area contributed by atoms with Crippen molar-refractivity contribution in [1.82, 2.24) is 14.9 Å². The zero-order chi connectivity index (χ0) is 14.5. The lowest BCUT2D eigenvalue weighted by atomic mass is 10.2. The predicted molar refractivity (Wildman–Crippen MR) is 78.6 cm³/mol. The fourth-order valence-electron chi connectivity index (χ4n) is 1.93. The first-order chi connectivity index (χ1) is 9.61. The highest BCUT2D eigenvalue weighted by Gasteiger charge is 2.18. The lowest BCUT2D eigenvalue weighted by Gasteiger charge is -2.21. The van der Waals surface area contributed by atoms with Gasteiger partial charge in [-0.25, -0.2) is 4.98 Å². The van der Waals surface area contributed by atoms with Crippen LogP contribution in [0.15, 0.2) is 36.5 Å². The number of aromatic nitrogens is 2.